The molecular weight excluding hydrogens is 372 g/mol. The van der Waals surface area contributed by atoms with Crippen LogP contribution < -0.4 is 4.72 Å². The summed E-state index contributed by atoms with van der Waals surface area (Å²) in [4.78, 5) is 12.9. The van der Waals surface area contributed by atoms with E-state index in [2.05, 4.69) is 25.6 Å². The fraction of sp³-hybridized carbons (Fsp3) is 0. The largest absolute Gasteiger partial charge is 0.477 e. The highest BCUT2D eigenvalue weighted by Gasteiger charge is 2.18. The Kier molecular flexibility index (Phi) is 4.07. The molecule has 1 heterocycles. The Morgan fingerprint density at radius 2 is 2.05 bits per heavy atom. The van der Waals surface area contributed by atoms with Crippen LogP contribution >= 0.6 is 27.5 Å². The molecule has 0 radical (unpaired) electrons. The molecule has 0 bridgehead atoms. The standard InChI is InChI=1S/C11H8BrClN2O4S/c12-8-2-1-6(3-9(8)13)15-20(18,19)7-4-10(11(16)17)14-5-7/h1-5,14-15H,(H,16,17). The van der Waals surface area contributed by atoms with E-state index in [9.17, 15) is 13.2 Å². The van der Waals surface area contributed by atoms with E-state index in [1.807, 2.05) is 0 Å². The lowest BCUT2D eigenvalue weighted by molar-refractivity contribution is 0.0691. The van der Waals surface area contributed by atoms with E-state index in [0.717, 1.165) is 12.3 Å². The van der Waals surface area contributed by atoms with Gasteiger partial charge in [-0.15, -0.1) is 0 Å². The van der Waals surface area contributed by atoms with E-state index in [-0.39, 0.29) is 16.3 Å². The summed E-state index contributed by atoms with van der Waals surface area (Å²) in [6.07, 6.45) is 1.10. The van der Waals surface area contributed by atoms with Crippen LogP contribution in [0.1, 0.15) is 10.5 Å². The number of halogens is 2. The number of aromatic nitrogens is 1. The van der Waals surface area contributed by atoms with Gasteiger partial charge >= 0.3 is 5.97 Å². The summed E-state index contributed by atoms with van der Waals surface area (Å²) in [5, 5.41) is 9.10. The highest BCUT2D eigenvalue weighted by molar-refractivity contribution is 9.10. The highest BCUT2D eigenvalue weighted by atomic mass is 79.9. The van der Waals surface area contributed by atoms with Gasteiger partial charge in [0, 0.05) is 10.7 Å². The summed E-state index contributed by atoms with van der Waals surface area (Å²) in [6.45, 7) is 0. The van der Waals surface area contributed by atoms with Crippen molar-refractivity contribution in [2.75, 3.05) is 4.72 Å². The number of carboxylic acids is 1. The summed E-state index contributed by atoms with van der Waals surface area (Å²) >= 11 is 9.06. The van der Waals surface area contributed by atoms with E-state index < -0.39 is 16.0 Å². The van der Waals surface area contributed by atoms with E-state index in [1.54, 1.807) is 6.07 Å². The molecule has 1 aromatic carbocycles. The number of H-pyrrole nitrogens is 1. The number of anilines is 1. The van der Waals surface area contributed by atoms with Gasteiger partial charge in [-0.25, -0.2) is 13.2 Å². The normalized spacial score (nSPS) is 11.3. The van der Waals surface area contributed by atoms with E-state index in [4.69, 9.17) is 16.7 Å². The predicted octanol–water partition coefficient (Wildman–Crippen LogP) is 2.93. The average molecular weight is 380 g/mol. The Morgan fingerprint density at radius 3 is 2.60 bits per heavy atom. The molecule has 20 heavy (non-hydrogen) atoms. The lowest BCUT2D eigenvalue weighted by Gasteiger charge is -2.07. The van der Waals surface area contributed by atoms with Crippen LogP contribution in [0.25, 0.3) is 0 Å². The Balaban J connectivity index is 2.30. The van der Waals surface area contributed by atoms with E-state index in [0.29, 0.717) is 9.50 Å². The van der Waals surface area contributed by atoms with Crippen molar-refractivity contribution in [1.29, 1.82) is 0 Å². The number of carboxylic acid groups (broad SMARTS) is 1. The molecule has 0 atom stereocenters. The van der Waals surface area contributed by atoms with Crippen LogP contribution in [0.2, 0.25) is 5.02 Å². The van der Waals surface area contributed by atoms with Crippen LogP contribution in [-0.4, -0.2) is 24.5 Å². The molecule has 106 valence electrons. The van der Waals surface area contributed by atoms with Crippen LogP contribution in [-0.2, 0) is 10.0 Å². The number of sulfonamides is 1. The number of carbonyl (C=O) groups is 1. The summed E-state index contributed by atoms with van der Waals surface area (Å²) in [5.41, 5.74) is 0.0653. The molecule has 0 saturated heterocycles. The minimum Gasteiger partial charge on any atom is -0.477 e. The number of aromatic carboxylic acids is 1. The number of nitrogens with one attached hydrogen (secondary N) is 2. The number of aromatic amines is 1. The molecule has 0 spiro atoms. The molecule has 6 nitrogen and oxygen atoms in total. The van der Waals surface area contributed by atoms with Crippen LogP contribution in [0.5, 0.6) is 0 Å². The van der Waals surface area contributed by atoms with Gasteiger partial charge in [0.2, 0.25) is 0 Å². The zero-order valence-corrected chi connectivity index (χ0v) is 12.9. The molecule has 0 saturated carbocycles. The fourth-order valence-electron chi connectivity index (χ4n) is 1.43. The quantitative estimate of drug-likeness (QED) is 0.760. The Bertz CT molecular complexity index is 772. The molecule has 0 fully saturated rings. The Labute approximate surface area is 127 Å². The Morgan fingerprint density at radius 1 is 1.35 bits per heavy atom. The van der Waals surface area contributed by atoms with Gasteiger partial charge in [-0.2, -0.15) is 0 Å². The summed E-state index contributed by atoms with van der Waals surface area (Å²) in [6, 6.07) is 5.59. The van der Waals surface area contributed by atoms with Crippen molar-refractivity contribution in [1.82, 2.24) is 4.98 Å². The third-order valence-corrected chi connectivity index (χ3v) is 4.96. The van der Waals surface area contributed by atoms with Crippen molar-refractivity contribution >= 4 is 49.2 Å². The van der Waals surface area contributed by atoms with Gasteiger partial charge in [-0.05, 0) is 40.2 Å². The van der Waals surface area contributed by atoms with Gasteiger partial charge in [0.1, 0.15) is 10.6 Å². The van der Waals surface area contributed by atoms with Crippen molar-refractivity contribution in [3.8, 4) is 0 Å². The Hall–Kier alpha value is -1.51. The maximum atomic E-state index is 12.1. The van der Waals surface area contributed by atoms with Gasteiger partial charge in [0.25, 0.3) is 10.0 Å². The summed E-state index contributed by atoms with van der Waals surface area (Å²) < 4.78 is 27.1. The molecule has 0 aliphatic heterocycles. The summed E-state index contributed by atoms with van der Waals surface area (Å²) in [7, 11) is -3.87. The van der Waals surface area contributed by atoms with E-state index in [1.165, 1.54) is 12.1 Å². The first kappa shape index (κ1) is 14.9. The maximum Gasteiger partial charge on any atom is 0.352 e. The third-order valence-electron chi connectivity index (χ3n) is 2.37. The van der Waals surface area contributed by atoms with Gasteiger partial charge in [0.05, 0.1) is 10.7 Å². The fourth-order valence-corrected chi connectivity index (χ4v) is 2.90. The zero-order valence-electron chi connectivity index (χ0n) is 9.72. The first-order valence-corrected chi connectivity index (χ1v) is 7.84. The second kappa shape index (κ2) is 5.47. The first-order valence-electron chi connectivity index (χ1n) is 5.19. The van der Waals surface area contributed by atoms with Crippen molar-refractivity contribution in [2.45, 2.75) is 4.90 Å². The van der Waals surface area contributed by atoms with Crippen molar-refractivity contribution in [3.05, 3.63) is 45.7 Å². The lowest BCUT2D eigenvalue weighted by atomic mass is 10.3. The van der Waals surface area contributed by atoms with Gasteiger partial charge < -0.3 is 10.1 Å². The molecule has 9 heteroatoms. The molecule has 0 unspecified atom stereocenters. The minimum absolute atomic E-state index is 0.172. The van der Waals surface area contributed by atoms with Gasteiger partial charge in [0.15, 0.2) is 0 Å². The molecular formula is C11H8BrClN2O4S. The minimum atomic E-state index is -3.87. The second-order valence-electron chi connectivity index (χ2n) is 3.79. The van der Waals surface area contributed by atoms with Crippen molar-refractivity contribution in [3.63, 3.8) is 0 Å². The molecule has 0 amide bonds. The van der Waals surface area contributed by atoms with Crippen LogP contribution in [0.4, 0.5) is 5.69 Å². The molecule has 0 aliphatic rings. The monoisotopic (exact) mass is 378 g/mol. The molecule has 2 aromatic rings. The van der Waals surface area contributed by atoms with E-state index >= 15 is 0 Å². The van der Waals surface area contributed by atoms with Crippen LogP contribution in [0.15, 0.2) is 39.8 Å². The summed E-state index contributed by atoms with van der Waals surface area (Å²) in [5.74, 6) is -1.24. The number of hydrogen-bond donors (Lipinski definition) is 3. The first-order chi connectivity index (χ1) is 9.29. The zero-order chi connectivity index (χ0) is 14.9. The van der Waals surface area contributed by atoms with Crippen molar-refractivity contribution in [2.24, 2.45) is 0 Å². The molecule has 1 aromatic heterocycles. The van der Waals surface area contributed by atoms with Crippen LogP contribution in [0, 0.1) is 0 Å². The third kappa shape index (κ3) is 3.14. The number of rotatable bonds is 4. The second-order valence-corrected chi connectivity index (χ2v) is 6.73. The molecule has 0 aliphatic carbocycles. The predicted molar refractivity (Wildman–Crippen MR) is 77.7 cm³/mol. The topological polar surface area (TPSA) is 99.3 Å². The molecule has 3 N–H and O–H groups in total. The lowest BCUT2D eigenvalue weighted by Crippen LogP contribution is -2.12. The van der Waals surface area contributed by atoms with Gasteiger partial charge in [-0.3, -0.25) is 4.72 Å². The SMILES string of the molecule is O=C(O)c1cc(S(=O)(=O)Nc2ccc(Br)c(Cl)c2)c[nH]1. The molecule has 2 rings (SSSR count). The number of benzene rings is 1. The maximum absolute atomic E-state index is 12.1. The van der Waals surface area contributed by atoms with Crippen LogP contribution in [0.3, 0.4) is 0 Å². The van der Waals surface area contributed by atoms with Crippen molar-refractivity contribution < 1.29 is 18.3 Å². The highest BCUT2D eigenvalue weighted by Crippen LogP contribution is 2.27. The average Bonchev–Trinajstić information content (AvgIpc) is 2.84. The number of hydrogen-bond acceptors (Lipinski definition) is 3. The van der Waals surface area contributed by atoms with Gasteiger partial charge in [-0.1, -0.05) is 11.6 Å². The smallest absolute Gasteiger partial charge is 0.352 e.